The van der Waals surface area contributed by atoms with Crippen LogP contribution in [0.3, 0.4) is 0 Å². The second-order valence-corrected chi connectivity index (χ2v) is 7.41. The quantitative estimate of drug-likeness (QED) is 0.775. The number of carbonyl (C=O) groups excluding carboxylic acids is 1. The lowest BCUT2D eigenvalue weighted by atomic mass is 9.50. The van der Waals surface area contributed by atoms with Gasteiger partial charge in [-0.1, -0.05) is 26.8 Å². The van der Waals surface area contributed by atoms with Gasteiger partial charge in [0, 0.05) is 18.3 Å². The number of fused-ring (bicyclic) bond motifs is 3. The van der Waals surface area contributed by atoms with Gasteiger partial charge in [0.25, 0.3) is 0 Å². The van der Waals surface area contributed by atoms with Gasteiger partial charge in [-0.15, -0.1) is 0 Å². The van der Waals surface area contributed by atoms with Crippen molar-refractivity contribution in [1.82, 2.24) is 0 Å². The molecule has 1 aromatic rings. The molecule has 2 aliphatic carbocycles. The summed E-state index contributed by atoms with van der Waals surface area (Å²) in [5, 5.41) is 0. The first-order chi connectivity index (χ1) is 9.37. The third-order valence-corrected chi connectivity index (χ3v) is 5.56. The van der Waals surface area contributed by atoms with Crippen LogP contribution in [0.2, 0.25) is 0 Å². The zero-order valence-electron chi connectivity index (χ0n) is 13.0. The standard InChI is InChI=1S/C18H24O2/c1-17(2)10-13(19)11-18(3)15-7-6-14(20-4)9-12(15)5-8-16(17)18/h6-7,9,16H,5,8,10-11H2,1-4H3/t16-,18+/m1/s1. The fourth-order valence-corrected chi connectivity index (χ4v) is 4.84. The van der Waals surface area contributed by atoms with Crippen molar-refractivity contribution < 1.29 is 9.53 Å². The molecule has 0 aliphatic heterocycles. The number of aryl methyl sites for hydroxylation is 1. The molecule has 0 unspecified atom stereocenters. The lowest BCUT2D eigenvalue weighted by Gasteiger charge is -2.53. The highest BCUT2D eigenvalue weighted by molar-refractivity contribution is 5.82. The van der Waals surface area contributed by atoms with Gasteiger partial charge in [0.2, 0.25) is 0 Å². The lowest BCUT2D eigenvalue weighted by molar-refractivity contribution is -0.129. The minimum Gasteiger partial charge on any atom is -0.497 e. The number of methoxy groups -OCH3 is 1. The van der Waals surface area contributed by atoms with Gasteiger partial charge in [-0.3, -0.25) is 4.79 Å². The highest BCUT2D eigenvalue weighted by Gasteiger charge is 2.52. The van der Waals surface area contributed by atoms with Crippen molar-refractivity contribution in [2.75, 3.05) is 7.11 Å². The van der Waals surface area contributed by atoms with Gasteiger partial charge < -0.3 is 4.74 Å². The van der Waals surface area contributed by atoms with Crippen molar-refractivity contribution in [2.45, 2.75) is 51.9 Å². The Morgan fingerprint density at radius 1 is 1.20 bits per heavy atom. The van der Waals surface area contributed by atoms with Gasteiger partial charge in [-0.05, 0) is 47.4 Å². The Kier molecular flexibility index (Phi) is 2.97. The minimum atomic E-state index is -0.00130. The van der Waals surface area contributed by atoms with E-state index in [2.05, 4.69) is 32.9 Å². The van der Waals surface area contributed by atoms with E-state index in [0.717, 1.165) is 18.6 Å². The molecule has 0 N–H and O–H groups in total. The summed E-state index contributed by atoms with van der Waals surface area (Å²) in [6.45, 7) is 6.82. The van der Waals surface area contributed by atoms with Crippen LogP contribution in [0.1, 0.15) is 51.2 Å². The Bertz CT molecular complexity index is 559. The third-order valence-electron chi connectivity index (χ3n) is 5.56. The van der Waals surface area contributed by atoms with Gasteiger partial charge in [-0.2, -0.15) is 0 Å². The molecule has 2 atom stereocenters. The maximum atomic E-state index is 12.2. The van der Waals surface area contributed by atoms with E-state index >= 15 is 0 Å². The highest BCUT2D eigenvalue weighted by Crippen LogP contribution is 2.56. The summed E-state index contributed by atoms with van der Waals surface area (Å²) < 4.78 is 5.34. The van der Waals surface area contributed by atoms with Crippen LogP contribution in [0, 0.1) is 11.3 Å². The Balaban J connectivity index is 2.11. The molecule has 2 heteroatoms. The smallest absolute Gasteiger partial charge is 0.134 e. The van der Waals surface area contributed by atoms with Crippen LogP contribution >= 0.6 is 0 Å². The van der Waals surface area contributed by atoms with E-state index in [1.54, 1.807) is 7.11 Å². The van der Waals surface area contributed by atoms with E-state index in [-0.39, 0.29) is 10.8 Å². The number of rotatable bonds is 1. The largest absolute Gasteiger partial charge is 0.497 e. The normalized spacial score (nSPS) is 31.4. The van der Waals surface area contributed by atoms with Gasteiger partial charge in [0.15, 0.2) is 0 Å². The molecule has 0 aromatic heterocycles. The summed E-state index contributed by atoms with van der Waals surface area (Å²) in [5.41, 5.74) is 2.85. The van der Waals surface area contributed by atoms with E-state index < -0.39 is 0 Å². The first-order valence-corrected chi connectivity index (χ1v) is 7.56. The van der Waals surface area contributed by atoms with Gasteiger partial charge in [0.1, 0.15) is 11.5 Å². The topological polar surface area (TPSA) is 26.3 Å². The Labute approximate surface area is 121 Å². The summed E-state index contributed by atoms with van der Waals surface area (Å²) in [7, 11) is 1.71. The summed E-state index contributed by atoms with van der Waals surface area (Å²) in [6.07, 6.45) is 3.71. The van der Waals surface area contributed by atoms with Crippen LogP contribution in [0.5, 0.6) is 5.75 Å². The van der Waals surface area contributed by atoms with Gasteiger partial charge in [-0.25, -0.2) is 0 Å². The molecule has 0 bridgehead atoms. The maximum absolute atomic E-state index is 12.2. The van der Waals surface area contributed by atoms with Crippen molar-refractivity contribution in [3.8, 4) is 5.75 Å². The van der Waals surface area contributed by atoms with Crippen LogP contribution in [0.4, 0.5) is 0 Å². The van der Waals surface area contributed by atoms with Crippen LogP contribution in [0.25, 0.3) is 0 Å². The Morgan fingerprint density at radius 3 is 2.65 bits per heavy atom. The molecule has 2 nitrogen and oxygen atoms in total. The first-order valence-electron chi connectivity index (χ1n) is 7.56. The molecule has 20 heavy (non-hydrogen) atoms. The van der Waals surface area contributed by atoms with E-state index in [0.29, 0.717) is 18.1 Å². The Morgan fingerprint density at radius 2 is 1.95 bits per heavy atom. The highest BCUT2D eigenvalue weighted by atomic mass is 16.5. The second kappa shape index (κ2) is 4.34. The number of benzene rings is 1. The SMILES string of the molecule is COc1ccc2c(c1)CC[C@@H]1C(C)(C)CC(=O)C[C@@]21C. The van der Waals surface area contributed by atoms with Crippen LogP contribution < -0.4 is 4.74 Å². The summed E-state index contributed by atoms with van der Waals surface area (Å²) in [5.74, 6) is 1.93. The number of carbonyl (C=O) groups is 1. The molecule has 1 saturated carbocycles. The van der Waals surface area contributed by atoms with Crippen molar-refractivity contribution in [2.24, 2.45) is 11.3 Å². The minimum absolute atomic E-state index is 0.00130. The average molecular weight is 272 g/mol. The second-order valence-electron chi connectivity index (χ2n) is 7.41. The number of hydrogen-bond donors (Lipinski definition) is 0. The summed E-state index contributed by atoms with van der Waals surface area (Å²) >= 11 is 0. The van der Waals surface area contributed by atoms with Crippen molar-refractivity contribution >= 4 is 5.78 Å². The molecular weight excluding hydrogens is 248 g/mol. The molecular formula is C18H24O2. The molecule has 2 aliphatic rings. The molecule has 0 heterocycles. The predicted molar refractivity (Wildman–Crippen MR) is 80.2 cm³/mol. The van der Waals surface area contributed by atoms with E-state index in [1.165, 1.54) is 17.5 Å². The Hall–Kier alpha value is -1.31. The summed E-state index contributed by atoms with van der Waals surface area (Å²) in [6, 6.07) is 6.39. The maximum Gasteiger partial charge on any atom is 0.134 e. The lowest BCUT2D eigenvalue weighted by Crippen LogP contribution is -2.50. The van der Waals surface area contributed by atoms with Crippen molar-refractivity contribution in [3.63, 3.8) is 0 Å². The number of Topliss-reactive ketones (excluding diaryl/α,β-unsaturated/α-hetero) is 1. The molecule has 108 valence electrons. The van der Waals surface area contributed by atoms with E-state index in [4.69, 9.17) is 4.74 Å². The molecule has 1 aromatic carbocycles. The number of ketones is 1. The first kappa shape index (κ1) is 13.7. The zero-order chi connectivity index (χ0) is 14.5. The molecule has 3 rings (SSSR count). The molecule has 1 fully saturated rings. The van der Waals surface area contributed by atoms with Crippen molar-refractivity contribution in [3.05, 3.63) is 29.3 Å². The fraction of sp³-hybridized carbons (Fsp3) is 0.611. The van der Waals surface area contributed by atoms with Crippen LogP contribution in [-0.4, -0.2) is 12.9 Å². The predicted octanol–water partition coefficient (Wildman–Crippen LogP) is 3.90. The average Bonchev–Trinajstić information content (AvgIpc) is 2.35. The fourth-order valence-electron chi connectivity index (χ4n) is 4.84. The van der Waals surface area contributed by atoms with Gasteiger partial charge >= 0.3 is 0 Å². The number of hydrogen-bond acceptors (Lipinski definition) is 2. The van der Waals surface area contributed by atoms with Crippen LogP contribution in [0.15, 0.2) is 18.2 Å². The molecule has 0 spiro atoms. The van der Waals surface area contributed by atoms with Gasteiger partial charge in [0.05, 0.1) is 7.11 Å². The number of ether oxygens (including phenoxy) is 1. The molecule has 0 radical (unpaired) electrons. The van der Waals surface area contributed by atoms with Crippen molar-refractivity contribution in [1.29, 1.82) is 0 Å². The van der Waals surface area contributed by atoms with E-state index in [9.17, 15) is 4.79 Å². The molecule has 0 amide bonds. The summed E-state index contributed by atoms with van der Waals surface area (Å²) in [4.78, 5) is 12.2. The third kappa shape index (κ3) is 1.88. The van der Waals surface area contributed by atoms with E-state index in [1.807, 2.05) is 6.07 Å². The molecule has 0 saturated heterocycles. The monoisotopic (exact) mass is 272 g/mol. The zero-order valence-corrected chi connectivity index (χ0v) is 13.0. The van der Waals surface area contributed by atoms with Crippen LogP contribution in [-0.2, 0) is 16.6 Å².